The Morgan fingerprint density at radius 3 is 2.55 bits per heavy atom. The Bertz CT molecular complexity index is 222. The maximum absolute atomic E-state index is 10.2. The molecule has 0 aromatic rings. The van der Waals surface area contributed by atoms with E-state index >= 15 is 0 Å². The molecule has 66 valence electrons. The van der Waals surface area contributed by atoms with Crippen molar-refractivity contribution >= 4 is 27.3 Å². The van der Waals surface area contributed by atoms with E-state index < -0.39 is 10.1 Å². The molecule has 0 aromatic heterocycles. The largest absolute Gasteiger partial charge is 0.383 e. The van der Waals surface area contributed by atoms with E-state index in [1.54, 1.807) is 7.05 Å². The van der Waals surface area contributed by atoms with Crippen LogP contribution in [0.15, 0.2) is 0 Å². The van der Waals surface area contributed by atoms with Gasteiger partial charge >= 0.3 is 0 Å². The lowest BCUT2D eigenvalue weighted by atomic mass is 10.3. The molecule has 0 saturated carbocycles. The molecule has 6 heteroatoms. The molecule has 0 fully saturated rings. The highest BCUT2D eigenvalue weighted by Crippen LogP contribution is 1.94. The van der Waals surface area contributed by atoms with Crippen LogP contribution in [0.3, 0.4) is 0 Å². The van der Waals surface area contributed by atoms with Crippen LogP contribution in [0, 0.1) is 0 Å². The van der Waals surface area contributed by atoms with Crippen LogP contribution in [-0.4, -0.2) is 30.8 Å². The van der Waals surface area contributed by atoms with E-state index in [1.165, 1.54) is 0 Å². The number of hydrogen-bond acceptors (Lipinski definition) is 3. The molecular formula is C5H11NO3S2. The Balaban J connectivity index is 3.51. The van der Waals surface area contributed by atoms with Crippen molar-refractivity contribution < 1.29 is 13.0 Å². The summed E-state index contributed by atoms with van der Waals surface area (Å²) in [5.41, 5.74) is 0. The van der Waals surface area contributed by atoms with E-state index in [-0.39, 0.29) is 5.75 Å². The molecule has 0 bridgehead atoms. The van der Waals surface area contributed by atoms with Crippen LogP contribution in [0.2, 0.25) is 0 Å². The summed E-state index contributed by atoms with van der Waals surface area (Å²) in [4.78, 5) is 0.605. The van der Waals surface area contributed by atoms with Gasteiger partial charge in [-0.2, -0.15) is 8.42 Å². The van der Waals surface area contributed by atoms with Crippen molar-refractivity contribution in [2.45, 2.75) is 12.8 Å². The van der Waals surface area contributed by atoms with Crippen LogP contribution in [0.4, 0.5) is 0 Å². The summed E-state index contributed by atoms with van der Waals surface area (Å²) in [5.74, 6) is -0.227. The summed E-state index contributed by atoms with van der Waals surface area (Å²) in [6.07, 6.45) is 0.851. The van der Waals surface area contributed by atoms with Gasteiger partial charge in [0.15, 0.2) is 0 Å². The van der Waals surface area contributed by atoms with Gasteiger partial charge in [-0.15, -0.1) is 0 Å². The molecule has 0 aliphatic carbocycles. The first-order chi connectivity index (χ1) is 4.95. The third-order valence-corrected chi connectivity index (χ3v) is 2.30. The van der Waals surface area contributed by atoms with Crippen molar-refractivity contribution in [2.24, 2.45) is 0 Å². The number of rotatable bonds is 4. The van der Waals surface area contributed by atoms with Crippen LogP contribution in [0.25, 0.3) is 0 Å². The predicted octanol–water partition coefficient (Wildman–Crippen LogP) is 0.201. The fourth-order valence-corrected chi connectivity index (χ4v) is 1.19. The average molecular weight is 197 g/mol. The molecular weight excluding hydrogens is 186 g/mol. The van der Waals surface area contributed by atoms with Crippen molar-refractivity contribution in [1.82, 2.24) is 5.32 Å². The second kappa shape index (κ2) is 4.63. The first kappa shape index (κ1) is 10.8. The molecule has 0 aliphatic rings. The Hall–Kier alpha value is -0.200. The van der Waals surface area contributed by atoms with Crippen molar-refractivity contribution in [3.05, 3.63) is 0 Å². The SMILES string of the molecule is CNC(=S)CCCS(=O)(=O)O. The standard InChI is InChI=1S/C5H11NO3S2/c1-6-5(10)3-2-4-11(7,8)9/h2-4H2,1H3,(H,6,10)(H,7,8,9). The number of nitrogens with one attached hydrogen (secondary N) is 1. The van der Waals surface area contributed by atoms with Gasteiger partial charge < -0.3 is 5.32 Å². The maximum Gasteiger partial charge on any atom is 0.264 e. The molecule has 0 aliphatic heterocycles. The Morgan fingerprint density at radius 2 is 2.18 bits per heavy atom. The maximum atomic E-state index is 10.2. The first-order valence-electron chi connectivity index (χ1n) is 3.11. The Morgan fingerprint density at radius 1 is 1.64 bits per heavy atom. The predicted molar refractivity (Wildman–Crippen MR) is 47.3 cm³/mol. The molecule has 0 saturated heterocycles. The molecule has 0 spiro atoms. The summed E-state index contributed by atoms with van der Waals surface area (Å²) >= 11 is 4.76. The second-order valence-electron chi connectivity index (χ2n) is 2.06. The van der Waals surface area contributed by atoms with Gasteiger partial charge in [0.2, 0.25) is 0 Å². The molecule has 0 radical (unpaired) electrons. The molecule has 0 heterocycles. The highest BCUT2D eigenvalue weighted by molar-refractivity contribution is 7.85. The summed E-state index contributed by atoms with van der Waals surface area (Å²) < 4.78 is 28.7. The van der Waals surface area contributed by atoms with Crippen molar-refractivity contribution in [3.8, 4) is 0 Å². The van der Waals surface area contributed by atoms with Gasteiger partial charge in [-0.1, -0.05) is 12.2 Å². The van der Waals surface area contributed by atoms with Gasteiger partial charge in [0.1, 0.15) is 0 Å². The van der Waals surface area contributed by atoms with Crippen molar-refractivity contribution in [1.29, 1.82) is 0 Å². The fraction of sp³-hybridized carbons (Fsp3) is 0.800. The van der Waals surface area contributed by atoms with Gasteiger partial charge in [-0.25, -0.2) is 0 Å². The molecule has 0 aromatic carbocycles. The summed E-state index contributed by atoms with van der Waals surface area (Å²) in [6, 6.07) is 0. The fourth-order valence-electron chi connectivity index (χ4n) is 0.540. The molecule has 2 N–H and O–H groups in total. The number of thiocarbonyl (C=S) groups is 1. The zero-order chi connectivity index (χ0) is 8.91. The third kappa shape index (κ3) is 7.70. The normalized spacial score (nSPS) is 11.1. The molecule has 0 amide bonds. The zero-order valence-electron chi connectivity index (χ0n) is 6.20. The second-order valence-corrected chi connectivity index (χ2v) is 4.13. The van der Waals surface area contributed by atoms with Gasteiger partial charge in [0, 0.05) is 7.05 Å². The van der Waals surface area contributed by atoms with Crippen LogP contribution in [0.1, 0.15) is 12.8 Å². The highest BCUT2D eigenvalue weighted by atomic mass is 32.2. The van der Waals surface area contributed by atoms with Gasteiger partial charge in [-0.05, 0) is 12.8 Å². The van der Waals surface area contributed by atoms with Gasteiger partial charge in [0.25, 0.3) is 10.1 Å². The number of hydrogen-bond donors (Lipinski definition) is 2. The summed E-state index contributed by atoms with van der Waals surface area (Å²) in [7, 11) is -2.14. The van der Waals surface area contributed by atoms with Crippen LogP contribution in [-0.2, 0) is 10.1 Å². The molecule has 0 rings (SSSR count). The molecule has 11 heavy (non-hydrogen) atoms. The molecule has 4 nitrogen and oxygen atoms in total. The quantitative estimate of drug-likeness (QED) is 0.498. The minimum absolute atomic E-state index is 0.227. The van der Waals surface area contributed by atoms with Crippen LogP contribution >= 0.6 is 12.2 Å². The van der Waals surface area contributed by atoms with E-state index in [0.717, 1.165) is 0 Å². The van der Waals surface area contributed by atoms with Crippen LogP contribution in [0.5, 0.6) is 0 Å². The van der Waals surface area contributed by atoms with E-state index in [9.17, 15) is 8.42 Å². The topological polar surface area (TPSA) is 66.4 Å². The Kier molecular flexibility index (Phi) is 4.55. The lowest BCUT2D eigenvalue weighted by Gasteiger charge is -1.99. The zero-order valence-corrected chi connectivity index (χ0v) is 7.83. The van der Waals surface area contributed by atoms with Crippen molar-refractivity contribution in [2.75, 3.05) is 12.8 Å². The van der Waals surface area contributed by atoms with Gasteiger partial charge in [-0.3, -0.25) is 4.55 Å². The van der Waals surface area contributed by atoms with E-state index in [0.29, 0.717) is 17.8 Å². The Labute approximate surface area is 71.7 Å². The lowest BCUT2D eigenvalue weighted by molar-refractivity contribution is 0.481. The summed E-state index contributed by atoms with van der Waals surface area (Å²) in [6.45, 7) is 0. The van der Waals surface area contributed by atoms with Crippen molar-refractivity contribution in [3.63, 3.8) is 0 Å². The smallest absolute Gasteiger partial charge is 0.264 e. The van der Waals surface area contributed by atoms with Gasteiger partial charge in [0.05, 0.1) is 10.7 Å². The minimum Gasteiger partial charge on any atom is -0.383 e. The summed E-state index contributed by atoms with van der Waals surface area (Å²) in [5, 5.41) is 2.71. The molecule has 0 unspecified atom stereocenters. The highest BCUT2D eigenvalue weighted by Gasteiger charge is 2.03. The first-order valence-corrected chi connectivity index (χ1v) is 5.13. The lowest BCUT2D eigenvalue weighted by Crippen LogP contribution is -2.16. The monoisotopic (exact) mass is 197 g/mol. The van der Waals surface area contributed by atoms with Crippen LogP contribution < -0.4 is 5.32 Å². The average Bonchev–Trinajstić information content (AvgIpc) is 1.85. The third-order valence-electron chi connectivity index (χ3n) is 1.08. The molecule has 0 atom stereocenters. The van der Waals surface area contributed by atoms with E-state index in [4.69, 9.17) is 16.8 Å². The van der Waals surface area contributed by atoms with E-state index in [1.807, 2.05) is 0 Å². The van der Waals surface area contributed by atoms with E-state index in [2.05, 4.69) is 5.32 Å². The minimum atomic E-state index is -3.82.